The maximum absolute atomic E-state index is 3.68. The number of aromatic amines is 3. The minimum Gasteiger partial charge on any atom is -0.354 e. The number of aromatic nitrogens is 3. The third kappa shape index (κ3) is 1.57. The van der Waals surface area contributed by atoms with Crippen LogP contribution in [0.15, 0.2) is 72.8 Å². The summed E-state index contributed by atoms with van der Waals surface area (Å²) in [6.45, 7) is 0. The van der Waals surface area contributed by atoms with E-state index in [1.54, 1.807) is 0 Å². The topological polar surface area (TPSA) is 47.4 Å². The molecule has 0 spiro atoms. The minimum absolute atomic E-state index is 1.17. The Kier molecular flexibility index (Phi) is 2.25. The van der Waals surface area contributed by atoms with Crippen LogP contribution in [-0.2, 0) is 0 Å². The zero-order valence-electron chi connectivity index (χ0n) is 14.4. The van der Waals surface area contributed by atoms with Crippen molar-refractivity contribution in [3.63, 3.8) is 0 Å². The minimum atomic E-state index is 1.17. The summed E-state index contributed by atoms with van der Waals surface area (Å²) in [5, 5.41) is 7.66. The van der Waals surface area contributed by atoms with E-state index in [9.17, 15) is 0 Å². The molecule has 7 rings (SSSR count). The molecule has 3 nitrogen and oxygen atoms in total. The van der Waals surface area contributed by atoms with Gasteiger partial charge in [-0.15, -0.1) is 0 Å². The molecule has 4 aromatic carbocycles. The van der Waals surface area contributed by atoms with E-state index in [2.05, 4.69) is 87.7 Å². The second-order valence-corrected chi connectivity index (χ2v) is 7.29. The Balaban J connectivity index is 1.77. The maximum Gasteiger partial charge on any atom is 0.0710 e. The highest BCUT2D eigenvalue weighted by Gasteiger charge is 2.15. The second-order valence-electron chi connectivity index (χ2n) is 7.29. The fourth-order valence-electron chi connectivity index (χ4n) is 4.72. The van der Waals surface area contributed by atoms with Crippen molar-refractivity contribution in [1.29, 1.82) is 0 Å². The summed E-state index contributed by atoms with van der Waals surface area (Å²) in [7, 11) is 0. The van der Waals surface area contributed by atoms with Crippen molar-refractivity contribution in [2.45, 2.75) is 0 Å². The van der Waals surface area contributed by atoms with Crippen molar-refractivity contribution in [3.05, 3.63) is 72.8 Å². The first kappa shape index (κ1) is 13.5. The van der Waals surface area contributed by atoms with E-state index in [1.165, 1.54) is 65.4 Å². The summed E-state index contributed by atoms with van der Waals surface area (Å²) in [6, 6.07) is 25.9. The van der Waals surface area contributed by atoms with Crippen LogP contribution in [0, 0.1) is 0 Å². The van der Waals surface area contributed by atoms with Crippen LogP contribution in [0.5, 0.6) is 0 Å². The molecule has 27 heavy (non-hydrogen) atoms. The van der Waals surface area contributed by atoms with Gasteiger partial charge in [-0.25, -0.2) is 0 Å². The molecular weight excluding hydrogens is 330 g/mol. The van der Waals surface area contributed by atoms with E-state index in [-0.39, 0.29) is 0 Å². The predicted octanol–water partition coefficient (Wildman–Crippen LogP) is 6.59. The molecule has 3 heteroatoms. The molecule has 7 aromatic rings. The van der Waals surface area contributed by atoms with Gasteiger partial charge in [0, 0.05) is 54.4 Å². The van der Waals surface area contributed by atoms with Gasteiger partial charge in [-0.2, -0.15) is 0 Å². The second kappa shape index (κ2) is 4.51. The molecule has 0 unspecified atom stereocenters. The maximum atomic E-state index is 3.68. The Bertz CT molecular complexity index is 1670. The predicted molar refractivity (Wildman–Crippen MR) is 115 cm³/mol. The highest BCUT2D eigenvalue weighted by molar-refractivity contribution is 6.30. The number of fused-ring (bicyclic) bond motifs is 11. The summed E-state index contributed by atoms with van der Waals surface area (Å²) in [6.07, 6.45) is 0. The molecule has 0 amide bonds. The Labute approximate surface area is 153 Å². The van der Waals surface area contributed by atoms with Crippen molar-refractivity contribution in [2.24, 2.45) is 0 Å². The van der Waals surface area contributed by atoms with E-state index < -0.39 is 0 Å². The van der Waals surface area contributed by atoms with Gasteiger partial charge in [-0.05, 0) is 24.3 Å². The van der Waals surface area contributed by atoms with Gasteiger partial charge >= 0.3 is 0 Å². The van der Waals surface area contributed by atoms with Gasteiger partial charge in [0.05, 0.1) is 11.0 Å². The molecular formula is C24H15N3. The van der Waals surface area contributed by atoms with Crippen LogP contribution in [0.1, 0.15) is 0 Å². The first-order chi connectivity index (χ1) is 13.4. The number of nitrogens with one attached hydrogen (secondary N) is 3. The number of rotatable bonds is 0. The van der Waals surface area contributed by atoms with Crippen LogP contribution in [0.4, 0.5) is 0 Å². The van der Waals surface area contributed by atoms with E-state index in [1.807, 2.05) is 0 Å². The molecule has 0 radical (unpaired) electrons. The van der Waals surface area contributed by atoms with Crippen molar-refractivity contribution in [1.82, 2.24) is 15.0 Å². The third-order valence-electron chi connectivity index (χ3n) is 5.88. The lowest BCUT2D eigenvalue weighted by Gasteiger charge is -1.97. The van der Waals surface area contributed by atoms with Gasteiger partial charge in [0.2, 0.25) is 0 Å². The Morgan fingerprint density at radius 3 is 1.78 bits per heavy atom. The fourth-order valence-corrected chi connectivity index (χ4v) is 4.72. The summed E-state index contributed by atoms with van der Waals surface area (Å²) in [4.78, 5) is 10.9. The first-order valence-electron chi connectivity index (χ1n) is 9.23. The fraction of sp³-hybridized carbons (Fsp3) is 0. The molecule has 0 saturated heterocycles. The van der Waals surface area contributed by atoms with Crippen LogP contribution in [0.2, 0.25) is 0 Å². The van der Waals surface area contributed by atoms with Crippen LogP contribution < -0.4 is 0 Å². The largest absolute Gasteiger partial charge is 0.354 e. The van der Waals surface area contributed by atoms with Gasteiger partial charge in [-0.3, -0.25) is 0 Å². The molecule has 0 aliphatic heterocycles. The summed E-state index contributed by atoms with van der Waals surface area (Å²) in [5.41, 5.74) is 7.07. The molecule has 3 aromatic heterocycles. The zero-order chi connectivity index (χ0) is 17.5. The molecule has 3 N–H and O–H groups in total. The van der Waals surface area contributed by atoms with Gasteiger partial charge in [0.25, 0.3) is 0 Å². The Morgan fingerprint density at radius 2 is 0.926 bits per heavy atom. The molecule has 0 aliphatic carbocycles. The van der Waals surface area contributed by atoms with Crippen LogP contribution in [0.25, 0.3) is 65.4 Å². The average molecular weight is 345 g/mol. The van der Waals surface area contributed by atoms with Gasteiger partial charge in [0.1, 0.15) is 0 Å². The quantitative estimate of drug-likeness (QED) is 0.278. The van der Waals surface area contributed by atoms with Crippen LogP contribution in [0.3, 0.4) is 0 Å². The summed E-state index contributed by atoms with van der Waals surface area (Å²) >= 11 is 0. The number of hydrogen-bond acceptors (Lipinski definition) is 0. The summed E-state index contributed by atoms with van der Waals surface area (Å²) < 4.78 is 0. The van der Waals surface area contributed by atoms with Crippen molar-refractivity contribution in [2.75, 3.05) is 0 Å². The van der Waals surface area contributed by atoms with Gasteiger partial charge < -0.3 is 15.0 Å². The van der Waals surface area contributed by atoms with Gasteiger partial charge in [0.15, 0.2) is 0 Å². The highest BCUT2D eigenvalue weighted by atomic mass is 14.8. The lowest BCUT2D eigenvalue weighted by molar-refractivity contribution is 1.51. The SMILES string of the molecule is c1ccc2c(c1)[nH]c1c2ccc2c1[nH]c1ccc3[nH]c4ccccc4c3c12. The number of benzene rings is 4. The molecule has 126 valence electrons. The molecule has 0 atom stereocenters. The number of H-pyrrole nitrogens is 3. The lowest BCUT2D eigenvalue weighted by atomic mass is 10.0. The molecule has 0 aliphatic rings. The van der Waals surface area contributed by atoms with Crippen LogP contribution in [-0.4, -0.2) is 15.0 Å². The Hall–Kier alpha value is -3.72. The first-order valence-corrected chi connectivity index (χ1v) is 9.23. The smallest absolute Gasteiger partial charge is 0.0710 e. The summed E-state index contributed by atoms with van der Waals surface area (Å²) in [5.74, 6) is 0. The molecule has 0 saturated carbocycles. The molecule has 0 bridgehead atoms. The van der Waals surface area contributed by atoms with Crippen molar-refractivity contribution < 1.29 is 0 Å². The van der Waals surface area contributed by atoms with E-state index in [4.69, 9.17) is 0 Å². The Morgan fingerprint density at radius 1 is 0.370 bits per heavy atom. The van der Waals surface area contributed by atoms with Crippen molar-refractivity contribution >= 4 is 65.4 Å². The van der Waals surface area contributed by atoms with Gasteiger partial charge in [-0.1, -0.05) is 48.5 Å². The van der Waals surface area contributed by atoms with Crippen LogP contribution >= 0.6 is 0 Å². The van der Waals surface area contributed by atoms with E-state index in [0.29, 0.717) is 0 Å². The van der Waals surface area contributed by atoms with Crippen molar-refractivity contribution in [3.8, 4) is 0 Å². The lowest BCUT2D eigenvalue weighted by Crippen LogP contribution is -1.72. The molecule has 0 fully saturated rings. The zero-order valence-corrected chi connectivity index (χ0v) is 14.4. The third-order valence-corrected chi connectivity index (χ3v) is 5.88. The highest BCUT2D eigenvalue weighted by Crippen LogP contribution is 2.39. The number of hydrogen-bond donors (Lipinski definition) is 3. The van der Waals surface area contributed by atoms with E-state index in [0.717, 1.165) is 0 Å². The average Bonchev–Trinajstić information content (AvgIpc) is 3.37. The normalized spacial score (nSPS) is 12.4. The standard InChI is InChI=1S/C24H15N3/c1-3-7-17-13(5-1)14-9-10-16-22-20(27-24(16)23(14)26-17)12-11-19-21(22)15-6-2-4-8-18(15)25-19/h1-12,25-27H. The number of para-hydroxylation sites is 2. The monoisotopic (exact) mass is 345 g/mol. The molecule has 3 heterocycles. The van der Waals surface area contributed by atoms with E-state index >= 15 is 0 Å².